The van der Waals surface area contributed by atoms with E-state index in [9.17, 15) is 0 Å². The normalized spacial score (nSPS) is 11.4. The molecule has 0 spiro atoms. The molecule has 6 heteroatoms. The van der Waals surface area contributed by atoms with Crippen LogP contribution < -0.4 is 0 Å². The van der Waals surface area contributed by atoms with E-state index in [2.05, 4.69) is 27.2 Å². The third kappa shape index (κ3) is 2.27. The minimum Gasteiger partial charge on any atom is -0.306 e. The van der Waals surface area contributed by atoms with Crippen molar-refractivity contribution in [1.82, 2.24) is 29.0 Å². The van der Waals surface area contributed by atoms with E-state index in [0.29, 0.717) is 5.82 Å². The molecule has 4 heterocycles. The SMILES string of the molecule is Cc1nccn2nc(-c3ccn4cc(-c5ccccc5)nc4c3)nc12. The quantitative estimate of drug-likeness (QED) is 0.499. The lowest BCUT2D eigenvalue weighted by Crippen LogP contribution is -1.91. The second kappa shape index (κ2) is 5.24. The second-order valence-corrected chi connectivity index (χ2v) is 5.89. The summed E-state index contributed by atoms with van der Waals surface area (Å²) in [5.74, 6) is 0.669. The molecule has 0 aliphatic heterocycles. The molecule has 0 saturated heterocycles. The van der Waals surface area contributed by atoms with Gasteiger partial charge in [-0.15, -0.1) is 5.10 Å². The lowest BCUT2D eigenvalue weighted by atomic mass is 10.2. The lowest BCUT2D eigenvalue weighted by molar-refractivity contribution is 0.937. The Morgan fingerprint density at radius 3 is 2.64 bits per heavy atom. The van der Waals surface area contributed by atoms with Gasteiger partial charge in [0.1, 0.15) is 5.65 Å². The van der Waals surface area contributed by atoms with Gasteiger partial charge in [0, 0.05) is 35.9 Å². The molecule has 6 nitrogen and oxygen atoms in total. The van der Waals surface area contributed by atoms with Crippen LogP contribution in [0.1, 0.15) is 5.69 Å². The smallest absolute Gasteiger partial charge is 0.182 e. The van der Waals surface area contributed by atoms with Gasteiger partial charge in [0.15, 0.2) is 11.5 Å². The van der Waals surface area contributed by atoms with Gasteiger partial charge >= 0.3 is 0 Å². The highest BCUT2D eigenvalue weighted by Gasteiger charge is 2.11. The number of aromatic nitrogens is 6. The Morgan fingerprint density at radius 2 is 1.80 bits per heavy atom. The van der Waals surface area contributed by atoms with E-state index in [0.717, 1.165) is 33.8 Å². The van der Waals surface area contributed by atoms with Gasteiger partial charge in [0.2, 0.25) is 0 Å². The molecule has 0 atom stereocenters. The average Bonchev–Trinajstić information content (AvgIpc) is 3.26. The number of nitrogens with zero attached hydrogens (tertiary/aromatic N) is 6. The van der Waals surface area contributed by atoms with Gasteiger partial charge in [-0.25, -0.2) is 14.5 Å². The van der Waals surface area contributed by atoms with E-state index in [1.807, 2.05) is 54.0 Å². The largest absolute Gasteiger partial charge is 0.306 e. The number of pyridine rings is 1. The van der Waals surface area contributed by atoms with Crippen LogP contribution in [0.4, 0.5) is 0 Å². The molecule has 0 radical (unpaired) electrons. The third-order valence-electron chi connectivity index (χ3n) is 4.22. The highest BCUT2D eigenvalue weighted by Crippen LogP contribution is 2.22. The van der Waals surface area contributed by atoms with Crippen LogP contribution in [0.2, 0.25) is 0 Å². The third-order valence-corrected chi connectivity index (χ3v) is 4.22. The number of hydrogen-bond acceptors (Lipinski definition) is 4. The minimum absolute atomic E-state index is 0.669. The number of fused-ring (bicyclic) bond motifs is 2. The summed E-state index contributed by atoms with van der Waals surface area (Å²) in [4.78, 5) is 13.6. The molecule has 0 amide bonds. The molecular weight excluding hydrogens is 312 g/mol. The van der Waals surface area contributed by atoms with Crippen molar-refractivity contribution in [1.29, 1.82) is 0 Å². The van der Waals surface area contributed by atoms with Crippen molar-refractivity contribution >= 4 is 11.3 Å². The highest BCUT2D eigenvalue weighted by molar-refractivity contribution is 5.67. The average molecular weight is 326 g/mol. The number of rotatable bonds is 2. The Hall–Kier alpha value is -3.54. The molecule has 0 fully saturated rings. The van der Waals surface area contributed by atoms with Gasteiger partial charge in [-0.1, -0.05) is 30.3 Å². The standard InChI is InChI=1S/C19H14N6/c1-13-19-22-18(23-25(19)10-8-20-13)15-7-9-24-12-16(21-17(24)11-15)14-5-3-2-4-6-14/h2-12H,1H3. The Balaban J connectivity index is 1.63. The first-order valence-corrected chi connectivity index (χ1v) is 8.00. The van der Waals surface area contributed by atoms with Gasteiger partial charge in [0.05, 0.1) is 11.4 Å². The van der Waals surface area contributed by atoms with E-state index in [1.54, 1.807) is 16.9 Å². The fourth-order valence-corrected chi connectivity index (χ4v) is 2.93. The van der Waals surface area contributed by atoms with Gasteiger partial charge in [-0.2, -0.15) is 0 Å². The van der Waals surface area contributed by atoms with Crippen molar-refractivity contribution in [3.63, 3.8) is 0 Å². The lowest BCUT2D eigenvalue weighted by Gasteiger charge is -1.96. The van der Waals surface area contributed by atoms with E-state index in [4.69, 9.17) is 4.98 Å². The predicted molar refractivity (Wildman–Crippen MR) is 95.1 cm³/mol. The van der Waals surface area contributed by atoms with E-state index < -0.39 is 0 Å². The minimum atomic E-state index is 0.669. The molecule has 0 saturated carbocycles. The van der Waals surface area contributed by atoms with Crippen molar-refractivity contribution in [2.45, 2.75) is 6.92 Å². The summed E-state index contributed by atoms with van der Waals surface area (Å²) in [5.41, 5.74) is 5.46. The molecule has 0 aliphatic carbocycles. The zero-order valence-corrected chi connectivity index (χ0v) is 13.5. The van der Waals surface area contributed by atoms with Crippen molar-refractivity contribution < 1.29 is 0 Å². The second-order valence-electron chi connectivity index (χ2n) is 5.89. The number of benzene rings is 1. The summed E-state index contributed by atoms with van der Waals surface area (Å²) in [7, 11) is 0. The highest BCUT2D eigenvalue weighted by atomic mass is 15.3. The first-order valence-electron chi connectivity index (χ1n) is 8.00. The summed E-state index contributed by atoms with van der Waals surface area (Å²) in [6, 6.07) is 14.2. The summed E-state index contributed by atoms with van der Waals surface area (Å²) < 4.78 is 3.76. The van der Waals surface area contributed by atoms with Gasteiger partial charge in [-0.3, -0.25) is 4.98 Å². The zero-order chi connectivity index (χ0) is 16.8. The molecule has 0 N–H and O–H groups in total. The van der Waals surface area contributed by atoms with Gasteiger partial charge < -0.3 is 4.40 Å². The van der Waals surface area contributed by atoms with Gasteiger partial charge in [-0.05, 0) is 19.1 Å². The van der Waals surface area contributed by atoms with Crippen LogP contribution in [0, 0.1) is 6.92 Å². The molecular formula is C19H14N6. The number of imidazole rings is 1. The number of hydrogen-bond donors (Lipinski definition) is 0. The summed E-state index contributed by atoms with van der Waals surface area (Å²) in [6.45, 7) is 1.93. The topological polar surface area (TPSA) is 60.4 Å². The molecule has 1 aromatic carbocycles. The first-order chi connectivity index (χ1) is 12.3. The van der Waals surface area contributed by atoms with Crippen LogP contribution in [-0.2, 0) is 0 Å². The van der Waals surface area contributed by atoms with E-state index in [1.165, 1.54) is 0 Å². The summed E-state index contributed by atoms with van der Waals surface area (Å²) in [6.07, 6.45) is 7.55. The molecule has 120 valence electrons. The van der Waals surface area contributed by atoms with E-state index >= 15 is 0 Å². The maximum atomic E-state index is 4.73. The Bertz CT molecular complexity index is 1200. The summed E-state index contributed by atoms with van der Waals surface area (Å²) in [5, 5.41) is 4.54. The Kier molecular flexibility index (Phi) is 2.90. The first kappa shape index (κ1) is 13.9. The molecule has 5 aromatic rings. The molecule has 5 rings (SSSR count). The molecule has 4 aromatic heterocycles. The summed E-state index contributed by atoms with van der Waals surface area (Å²) >= 11 is 0. The van der Waals surface area contributed by atoms with Crippen LogP contribution in [-0.4, -0.2) is 29.0 Å². The van der Waals surface area contributed by atoms with Crippen LogP contribution in [0.3, 0.4) is 0 Å². The van der Waals surface area contributed by atoms with Crippen molar-refractivity contribution in [2.75, 3.05) is 0 Å². The fourth-order valence-electron chi connectivity index (χ4n) is 2.93. The van der Waals surface area contributed by atoms with Crippen LogP contribution in [0.25, 0.3) is 33.9 Å². The maximum absolute atomic E-state index is 4.73. The Labute approximate surface area is 143 Å². The van der Waals surface area contributed by atoms with Gasteiger partial charge in [0.25, 0.3) is 0 Å². The molecule has 0 aliphatic rings. The molecule has 0 bridgehead atoms. The Morgan fingerprint density at radius 1 is 0.920 bits per heavy atom. The molecule has 25 heavy (non-hydrogen) atoms. The van der Waals surface area contributed by atoms with Crippen molar-refractivity contribution in [3.05, 3.63) is 72.9 Å². The van der Waals surface area contributed by atoms with Crippen molar-refractivity contribution in [2.24, 2.45) is 0 Å². The fraction of sp³-hybridized carbons (Fsp3) is 0.0526. The van der Waals surface area contributed by atoms with Crippen molar-refractivity contribution in [3.8, 4) is 22.6 Å². The predicted octanol–water partition coefficient (Wildman–Crippen LogP) is 3.41. The van der Waals surface area contributed by atoms with Crippen LogP contribution >= 0.6 is 0 Å². The number of aryl methyl sites for hydroxylation is 1. The maximum Gasteiger partial charge on any atom is 0.182 e. The van der Waals surface area contributed by atoms with E-state index in [-0.39, 0.29) is 0 Å². The zero-order valence-electron chi connectivity index (χ0n) is 13.5. The van der Waals surface area contributed by atoms with Crippen LogP contribution in [0.5, 0.6) is 0 Å². The van der Waals surface area contributed by atoms with Crippen LogP contribution in [0.15, 0.2) is 67.3 Å². The molecule has 0 unspecified atom stereocenters. The monoisotopic (exact) mass is 326 g/mol.